The minimum Gasteiger partial charge on any atom is -0.384 e. The third-order valence-corrected chi connectivity index (χ3v) is 4.93. The molecule has 22 heavy (non-hydrogen) atoms. The molecule has 0 aromatic carbocycles. The van der Waals surface area contributed by atoms with Crippen molar-refractivity contribution in [3.05, 3.63) is 30.1 Å². The number of carbonyl (C=O) groups is 2. The van der Waals surface area contributed by atoms with E-state index in [1.807, 2.05) is 11.0 Å². The number of carbonyl (C=O) groups excluding carboxylic acids is 2. The van der Waals surface area contributed by atoms with Crippen LogP contribution in [-0.2, 0) is 9.53 Å². The zero-order chi connectivity index (χ0) is 15.6. The number of nitrogens with one attached hydrogen (secondary N) is 1. The van der Waals surface area contributed by atoms with Crippen molar-refractivity contribution in [2.24, 2.45) is 11.3 Å². The van der Waals surface area contributed by atoms with E-state index in [-0.39, 0.29) is 23.1 Å². The summed E-state index contributed by atoms with van der Waals surface area (Å²) >= 11 is 0. The number of methoxy groups -OCH3 is 1. The van der Waals surface area contributed by atoms with E-state index < -0.39 is 0 Å². The summed E-state index contributed by atoms with van der Waals surface area (Å²) in [6.07, 6.45) is 3.27. The normalized spacial score (nSPS) is 23.6. The minimum atomic E-state index is -0.107. The lowest BCUT2D eigenvalue weighted by Crippen LogP contribution is -2.47. The van der Waals surface area contributed by atoms with Gasteiger partial charge in [-0.3, -0.25) is 14.6 Å². The van der Waals surface area contributed by atoms with E-state index in [0.29, 0.717) is 31.9 Å². The molecule has 0 bridgehead atoms. The van der Waals surface area contributed by atoms with Gasteiger partial charge in [-0.25, -0.2) is 0 Å². The number of hydrogen-bond acceptors (Lipinski definition) is 4. The summed E-state index contributed by atoms with van der Waals surface area (Å²) in [5.41, 5.74) is 0.404. The first-order chi connectivity index (χ1) is 10.7. The van der Waals surface area contributed by atoms with E-state index in [4.69, 9.17) is 4.74 Å². The van der Waals surface area contributed by atoms with Crippen molar-refractivity contribution in [2.75, 3.05) is 33.4 Å². The molecule has 1 aromatic rings. The van der Waals surface area contributed by atoms with Gasteiger partial charge in [0.15, 0.2) is 0 Å². The number of ether oxygens (including phenoxy) is 1. The Morgan fingerprint density at radius 2 is 2.23 bits per heavy atom. The van der Waals surface area contributed by atoms with Crippen molar-refractivity contribution in [1.29, 1.82) is 0 Å². The number of likely N-dealkylation sites (tertiary alicyclic amines) is 1. The highest BCUT2D eigenvalue weighted by Gasteiger charge is 2.49. The molecule has 3 heterocycles. The summed E-state index contributed by atoms with van der Waals surface area (Å²) in [6.45, 7) is 2.45. The lowest BCUT2D eigenvalue weighted by molar-refractivity contribution is -0.126. The molecule has 0 radical (unpaired) electrons. The molecule has 2 saturated heterocycles. The molecule has 1 spiro atoms. The fourth-order valence-corrected chi connectivity index (χ4v) is 3.54. The highest BCUT2D eigenvalue weighted by atomic mass is 16.5. The average molecular weight is 303 g/mol. The van der Waals surface area contributed by atoms with E-state index in [2.05, 4.69) is 10.3 Å². The van der Waals surface area contributed by atoms with Crippen LogP contribution in [0.4, 0.5) is 0 Å². The summed E-state index contributed by atoms with van der Waals surface area (Å²) < 4.78 is 5.22. The largest absolute Gasteiger partial charge is 0.384 e. The summed E-state index contributed by atoms with van der Waals surface area (Å²) in [5.74, 6) is -0.0630. The Morgan fingerprint density at radius 1 is 1.45 bits per heavy atom. The molecule has 1 N–H and O–H groups in total. The van der Waals surface area contributed by atoms with E-state index in [1.165, 1.54) is 0 Å². The topological polar surface area (TPSA) is 71.5 Å². The lowest BCUT2D eigenvalue weighted by Gasteiger charge is -2.41. The molecule has 0 aliphatic carbocycles. The van der Waals surface area contributed by atoms with Crippen LogP contribution in [0.25, 0.3) is 0 Å². The molecule has 1 aromatic heterocycles. The van der Waals surface area contributed by atoms with Crippen LogP contribution in [0.3, 0.4) is 0 Å². The molecule has 2 amide bonds. The van der Waals surface area contributed by atoms with E-state index in [1.54, 1.807) is 25.4 Å². The molecular weight excluding hydrogens is 282 g/mol. The number of aromatic nitrogens is 1. The average Bonchev–Trinajstić information content (AvgIpc) is 2.86. The second kappa shape index (κ2) is 6.04. The summed E-state index contributed by atoms with van der Waals surface area (Å²) in [6, 6.07) is 5.36. The Morgan fingerprint density at radius 3 is 2.86 bits per heavy atom. The fourth-order valence-electron chi connectivity index (χ4n) is 3.54. The monoisotopic (exact) mass is 303 g/mol. The quantitative estimate of drug-likeness (QED) is 0.892. The number of rotatable bonds is 3. The van der Waals surface area contributed by atoms with Crippen LogP contribution in [0, 0.1) is 11.3 Å². The molecule has 2 aliphatic heterocycles. The highest BCUT2D eigenvalue weighted by molar-refractivity contribution is 5.92. The first-order valence-corrected chi connectivity index (χ1v) is 7.63. The van der Waals surface area contributed by atoms with Crippen molar-refractivity contribution in [1.82, 2.24) is 15.2 Å². The summed E-state index contributed by atoms with van der Waals surface area (Å²) in [4.78, 5) is 30.4. The van der Waals surface area contributed by atoms with Crippen LogP contribution >= 0.6 is 0 Å². The van der Waals surface area contributed by atoms with Crippen molar-refractivity contribution in [3.63, 3.8) is 0 Å². The van der Waals surface area contributed by atoms with Crippen molar-refractivity contribution in [2.45, 2.75) is 12.8 Å². The lowest BCUT2D eigenvalue weighted by atomic mass is 9.71. The van der Waals surface area contributed by atoms with Gasteiger partial charge in [-0.15, -0.1) is 0 Å². The number of pyridine rings is 1. The van der Waals surface area contributed by atoms with Crippen LogP contribution < -0.4 is 5.32 Å². The van der Waals surface area contributed by atoms with Crippen LogP contribution in [0.5, 0.6) is 0 Å². The maximum atomic E-state index is 12.4. The van der Waals surface area contributed by atoms with Gasteiger partial charge in [-0.2, -0.15) is 0 Å². The van der Waals surface area contributed by atoms with Crippen molar-refractivity contribution < 1.29 is 14.3 Å². The Bertz CT molecular complexity index is 553. The zero-order valence-corrected chi connectivity index (χ0v) is 12.7. The van der Waals surface area contributed by atoms with Crippen LogP contribution in [0.1, 0.15) is 23.3 Å². The van der Waals surface area contributed by atoms with Gasteiger partial charge in [-0.05, 0) is 25.0 Å². The molecule has 2 aliphatic rings. The van der Waals surface area contributed by atoms with Crippen LogP contribution in [0.2, 0.25) is 0 Å². The molecule has 2 fully saturated rings. The SMILES string of the molecule is COC[C@H]1C(=O)NCC12CCN(C(=O)c1ccccn1)CC2. The van der Waals surface area contributed by atoms with Crippen LogP contribution in [0.15, 0.2) is 24.4 Å². The smallest absolute Gasteiger partial charge is 0.272 e. The molecule has 3 rings (SSSR count). The van der Waals surface area contributed by atoms with Gasteiger partial charge in [-0.1, -0.05) is 6.07 Å². The van der Waals surface area contributed by atoms with Gasteiger partial charge in [0, 0.05) is 38.4 Å². The van der Waals surface area contributed by atoms with Gasteiger partial charge in [0.25, 0.3) is 5.91 Å². The van der Waals surface area contributed by atoms with Gasteiger partial charge in [0.2, 0.25) is 5.91 Å². The predicted octanol–water partition coefficient (Wildman–Crippen LogP) is 0.696. The number of piperidine rings is 1. The van der Waals surface area contributed by atoms with Crippen LogP contribution in [-0.4, -0.2) is 55.0 Å². The molecule has 0 unspecified atom stereocenters. The Labute approximate surface area is 129 Å². The number of amides is 2. The first-order valence-electron chi connectivity index (χ1n) is 7.63. The molecule has 6 nitrogen and oxygen atoms in total. The van der Waals surface area contributed by atoms with Gasteiger partial charge < -0.3 is 15.0 Å². The molecule has 1 atom stereocenters. The fraction of sp³-hybridized carbons (Fsp3) is 0.562. The molecular formula is C16H21N3O3. The number of hydrogen-bond donors (Lipinski definition) is 1. The third-order valence-electron chi connectivity index (χ3n) is 4.93. The van der Waals surface area contributed by atoms with Gasteiger partial charge in [0.05, 0.1) is 12.5 Å². The summed E-state index contributed by atoms with van der Waals surface area (Å²) in [5, 5.41) is 2.96. The maximum absolute atomic E-state index is 12.4. The van der Waals surface area contributed by atoms with E-state index in [9.17, 15) is 9.59 Å². The van der Waals surface area contributed by atoms with Crippen molar-refractivity contribution in [3.8, 4) is 0 Å². The van der Waals surface area contributed by atoms with Gasteiger partial charge >= 0.3 is 0 Å². The maximum Gasteiger partial charge on any atom is 0.272 e. The Hall–Kier alpha value is -1.95. The molecule has 6 heteroatoms. The predicted molar refractivity (Wildman–Crippen MR) is 80.2 cm³/mol. The second-order valence-electron chi connectivity index (χ2n) is 6.10. The minimum absolute atomic E-state index is 0.0315. The first kappa shape index (κ1) is 15.0. The Kier molecular flexibility index (Phi) is 4.11. The highest BCUT2D eigenvalue weighted by Crippen LogP contribution is 2.42. The summed E-state index contributed by atoms with van der Waals surface area (Å²) in [7, 11) is 1.62. The van der Waals surface area contributed by atoms with Gasteiger partial charge in [0.1, 0.15) is 5.69 Å². The standard InChI is InChI=1S/C16H21N3O3/c1-22-10-12-14(20)18-11-16(12)5-8-19(9-6-16)15(21)13-4-2-3-7-17-13/h2-4,7,12H,5-6,8-11H2,1H3,(H,18,20)/t12-/m0/s1. The van der Waals surface area contributed by atoms with E-state index >= 15 is 0 Å². The third kappa shape index (κ3) is 2.59. The Balaban J connectivity index is 1.67. The molecule has 118 valence electrons. The zero-order valence-electron chi connectivity index (χ0n) is 12.7. The van der Waals surface area contributed by atoms with Crippen molar-refractivity contribution >= 4 is 11.8 Å². The van der Waals surface area contributed by atoms with E-state index in [0.717, 1.165) is 12.8 Å². The second-order valence-corrected chi connectivity index (χ2v) is 6.10. The number of nitrogens with zero attached hydrogens (tertiary/aromatic N) is 2. The molecule has 0 saturated carbocycles.